The molecule has 0 aromatic carbocycles. The second-order valence-electron chi connectivity index (χ2n) is 5.53. The minimum atomic E-state index is -0.537. The average Bonchev–Trinajstić information content (AvgIpc) is 2.58. The molecule has 2 rings (SSSR count). The van der Waals surface area contributed by atoms with E-state index >= 15 is 0 Å². The molecule has 1 aromatic heterocycles. The Hall–Kier alpha value is -1.36. The second kappa shape index (κ2) is 6.19. The summed E-state index contributed by atoms with van der Waals surface area (Å²) in [6.45, 7) is 6.76. The molecular formula is C14H24N4O. The third kappa shape index (κ3) is 4.06. The van der Waals surface area contributed by atoms with Crippen molar-refractivity contribution in [3.05, 3.63) is 12.4 Å². The molecule has 1 atom stereocenters. The van der Waals surface area contributed by atoms with E-state index in [1.807, 2.05) is 13.0 Å². The van der Waals surface area contributed by atoms with Crippen molar-refractivity contribution in [2.75, 3.05) is 29.9 Å². The van der Waals surface area contributed by atoms with Gasteiger partial charge in [-0.15, -0.1) is 0 Å². The van der Waals surface area contributed by atoms with E-state index in [-0.39, 0.29) is 0 Å². The molecule has 1 aliphatic rings. The summed E-state index contributed by atoms with van der Waals surface area (Å²) in [5.41, 5.74) is -0.537. The maximum atomic E-state index is 10.1. The zero-order valence-corrected chi connectivity index (χ0v) is 11.9. The van der Waals surface area contributed by atoms with Gasteiger partial charge in [-0.1, -0.05) is 6.92 Å². The predicted octanol–water partition coefficient (Wildman–Crippen LogP) is 2.04. The summed E-state index contributed by atoms with van der Waals surface area (Å²) in [7, 11) is 0. The number of aromatic nitrogens is 2. The van der Waals surface area contributed by atoms with Gasteiger partial charge in [0.15, 0.2) is 0 Å². The lowest BCUT2D eigenvalue weighted by Crippen LogP contribution is -2.28. The van der Waals surface area contributed by atoms with Crippen molar-refractivity contribution >= 4 is 11.6 Å². The zero-order chi connectivity index (χ0) is 13.7. The van der Waals surface area contributed by atoms with Gasteiger partial charge in [-0.05, 0) is 32.6 Å². The number of hydrogen-bond donors (Lipinski definition) is 2. The lowest BCUT2D eigenvalue weighted by molar-refractivity contribution is 0.0481. The Kier molecular flexibility index (Phi) is 4.58. The molecule has 19 heavy (non-hydrogen) atoms. The molecule has 1 unspecified atom stereocenters. The molecule has 1 aliphatic heterocycles. The van der Waals surface area contributed by atoms with E-state index in [9.17, 15) is 5.11 Å². The summed E-state index contributed by atoms with van der Waals surface area (Å²) in [5.74, 6) is 1.83. The first-order chi connectivity index (χ1) is 9.11. The Morgan fingerprint density at radius 3 is 3.00 bits per heavy atom. The van der Waals surface area contributed by atoms with E-state index in [2.05, 4.69) is 27.1 Å². The number of rotatable bonds is 4. The standard InChI is InChI=1S/C14H24N4O/c1-3-7-15-12-10-13(17-11-16-12)18-8-4-5-14(2,19)6-9-18/h10-11,19H,3-9H2,1-2H3,(H,15,16,17). The van der Waals surface area contributed by atoms with Gasteiger partial charge >= 0.3 is 0 Å². The zero-order valence-electron chi connectivity index (χ0n) is 11.9. The largest absolute Gasteiger partial charge is 0.390 e. The number of hydrogen-bond acceptors (Lipinski definition) is 5. The Morgan fingerprint density at radius 1 is 1.37 bits per heavy atom. The highest BCUT2D eigenvalue weighted by molar-refractivity contribution is 5.48. The van der Waals surface area contributed by atoms with Crippen LogP contribution >= 0.6 is 0 Å². The minimum Gasteiger partial charge on any atom is -0.390 e. The second-order valence-corrected chi connectivity index (χ2v) is 5.53. The van der Waals surface area contributed by atoms with Gasteiger partial charge in [0.1, 0.15) is 18.0 Å². The van der Waals surface area contributed by atoms with Crippen LogP contribution in [0.4, 0.5) is 11.6 Å². The first kappa shape index (κ1) is 14.1. The fourth-order valence-electron chi connectivity index (χ4n) is 2.36. The van der Waals surface area contributed by atoms with Crippen LogP contribution in [0.3, 0.4) is 0 Å². The molecule has 2 heterocycles. The number of nitrogens with one attached hydrogen (secondary N) is 1. The van der Waals surface area contributed by atoms with Gasteiger partial charge < -0.3 is 15.3 Å². The summed E-state index contributed by atoms with van der Waals surface area (Å²) in [4.78, 5) is 10.8. The van der Waals surface area contributed by atoms with Crippen LogP contribution in [0.1, 0.15) is 39.5 Å². The van der Waals surface area contributed by atoms with E-state index in [1.54, 1.807) is 6.33 Å². The van der Waals surface area contributed by atoms with Crippen molar-refractivity contribution in [1.29, 1.82) is 0 Å². The smallest absolute Gasteiger partial charge is 0.134 e. The van der Waals surface area contributed by atoms with Gasteiger partial charge in [0, 0.05) is 25.7 Å². The van der Waals surface area contributed by atoms with Crippen LogP contribution in [-0.4, -0.2) is 40.3 Å². The third-order valence-corrected chi connectivity index (χ3v) is 3.60. The molecule has 2 N–H and O–H groups in total. The number of anilines is 2. The van der Waals surface area contributed by atoms with Crippen molar-refractivity contribution in [3.8, 4) is 0 Å². The molecule has 106 valence electrons. The first-order valence-corrected chi connectivity index (χ1v) is 7.14. The van der Waals surface area contributed by atoms with Crippen LogP contribution in [0.2, 0.25) is 0 Å². The Balaban J connectivity index is 2.04. The van der Waals surface area contributed by atoms with E-state index in [0.717, 1.165) is 57.0 Å². The number of aliphatic hydroxyl groups is 1. The van der Waals surface area contributed by atoms with E-state index < -0.39 is 5.60 Å². The van der Waals surface area contributed by atoms with Gasteiger partial charge in [-0.3, -0.25) is 0 Å². The van der Waals surface area contributed by atoms with Crippen molar-refractivity contribution in [1.82, 2.24) is 9.97 Å². The van der Waals surface area contributed by atoms with Crippen LogP contribution in [0.15, 0.2) is 12.4 Å². The van der Waals surface area contributed by atoms with Crippen molar-refractivity contribution in [3.63, 3.8) is 0 Å². The molecule has 0 saturated carbocycles. The van der Waals surface area contributed by atoms with Crippen molar-refractivity contribution < 1.29 is 5.11 Å². The molecule has 0 spiro atoms. The maximum Gasteiger partial charge on any atom is 0.134 e. The predicted molar refractivity (Wildman–Crippen MR) is 77.5 cm³/mol. The summed E-state index contributed by atoms with van der Waals surface area (Å²) >= 11 is 0. The van der Waals surface area contributed by atoms with Gasteiger partial charge in [-0.25, -0.2) is 9.97 Å². The fourth-order valence-corrected chi connectivity index (χ4v) is 2.36. The molecule has 1 saturated heterocycles. The monoisotopic (exact) mass is 264 g/mol. The normalized spacial score (nSPS) is 24.1. The third-order valence-electron chi connectivity index (χ3n) is 3.60. The van der Waals surface area contributed by atoms with Gasteiger partial charge in [0.25, 0.3) is 0 Å². The quantitative estimate of drug-likeness (QED) is 0.871. The highest BCUT2D eigenvalue weighted by Crippen LogP contribution is 2.24. The molecule has 0 amide bonds. The highest BCUT2D eigenvalue weighted by atomic mass is 16.3. The van der Waals surface area contributed by atoms with E-state index in [4.69, 9.17) is 0 Å². The maximum absolute atomic E-state index is 10.1. The molecule has 1 fully saturated rings. The molecule has 5 heteroatoms. The highest BCUT2D eigenvalue weighted by Gasteiger charge is 2.25. The lowest BCUT2D eigenvalue weighted by atomic mass is 9.98. The van der Waals surface area contributed by atoms with Crippen molar-refractivity contribution in [2.24, 2.45) is 0 Å². The van der Waals surface area contributed by atoms with Gasteiger partial charge in [0.2, 0.25) is 0 Å². The fraction of sp³-hybridized carbons (Fsp3) is 0.714. The SMILES string of the molecule is CCCNc1cc(N2CCCC(C)(O)CC2)ncn1. The first-order valence-electron chi connectivity index (χ1n) is 7.14. The van der Waals surface area contributed by atoms with E-state index in [1.165, 1.54) is 0 Å². The van der Waals surface area contributed by atoms with Gasteiger partial charge in [0.05, 0.1) is 5.60 Å². The minimum absolute atomic E-state index is 0.537. The molecule has 0 radical (unpaired) electrons. The number of nitrogens with zero attached hydrogens (tertiary/aromatic N) is 3. The Labute approximate surface area is 115 Å². The molecule has 0 bridgehead atoms. The average molecular weight is 264 g/mol. The van der Waals surface area contributed by atoms with Gasteiger partial charge in [-0.2, -0.15) is 0 Å². The summed E-state index contributed by atoms with van der Waals surface area (Å²) < 4.78 is 0. The Bertz CT molecular complexity index is 408. The van der Waals surface area contributed by atoms with E-state index in [0.29, 0.717) is 0 Å². The van der Waals surface area contributed by atoms with Crippen LogP contribution in [0.5, 0.6) is 0 Å². The summed E-state index contributed by atoms with van der Waals surface area (Å²) in [6, 6.07) is 2.00. The molecule has 5 nitrogen and oxygen atoms in total. The van der Waals surface area contributed by atoms with Crippen molar-refractivity contribution in [2.45, 2.75) is 45.1 Å². The van der Waals surface area contributed by atoms with Crippen LogP contribution in [-0.2, 0) is 0 Å². The Morgan fingerprint density at radius 2 is 2.21 bits per heavy atom. The van der Waals surface area contributed by atoms with Crippen LogP contribution < -0.4 is 10.2 Å². The summed E-state index contributed by atoms with van der Waals surface area (Å²) in [5, 5.41) is 13.4. The summed E-state index contributed by atoms with van der Waals surface area (Å²) in [6.07, 6.45) is 5.32. The van der Waals surface area contributed by atoms with Crippen LogP contribution in [0, 0.1) is 0 Å². The van der Waals surface area contributed by atoms with Crippen LogP contribution in [0.25, 0.3) is 0 Å². The molecule has 1 aromatic rings. The lowest BCUT2D eigenvalue weighted by Gasteiger charge is -2.23. The topological polar surface area (TPSA) is 61.3 Å². The molecular weight excluding hydrogens is 240 g/mol. The molecule has 0 aliphatic carbocycles.